The van der Waals surface area contributed by atoms with Crippen LogP contribution in [-0.2, 0) is 4.79 Å². The van der Waals surface area contributed by atoms with E-state index in [1.54, 1.807) is 66.7 Å². The quantitative estimate of drug-likeness (QED) is 0.398. The molecule has 1 amide bonds. The van der Waals surface area contributed by atoms with Crippen LogP contribution in [0.25, 0.3) is 0 Å². The van der Waals surface area contributed by atoms with Crippen LogP contribution >= 0.6 is 27.5 Å². The van der Waals surface area contributed by atoms with Crippen molar-refractivity contribution in [3.63, 3.8) is 0 Å². The third-order valence-electron chi connectivity index (χ3n) is 3.60. The van der Waals surface area contributed by atoms with Gasteiger partial charge in [0.15, 0.2) is 6.61 Å². The molecule has 5 nitrogen and oxygen atoms in total. The average Bonchev–Trinajstić information content (AvgIpc) is 2.69. The second-order valence-electron chi connectivity index (χ2n) is 5.71. The molecular weight excluding hydrogens is 446 g/mol. The lowest BCUT2D eigenvalue weighted by molar-refractivity contribution is -0.136. The van der Waals surface area contributed by atoms with Crippen molar-refractivity contribution >= 4 is 45.1 Å². The van der Waals surface area contributed by atoms with E-state index >= 15 is 0 Å². The van der Waals surface area contributed by atoms with Crippen LogP contribution < -0.4 is 14.8 Å². The normalized spacial score (nSPS) is 10.2. The van der Waals surface area contributed by atoms with Gasteiger partial charge in [0, 0.05) is 20.7 Å². The van der Waals surface area contributed by atoms with Gasteiger partial charge in [0.25, 0.3) is 5.91 Å². The first-order valence-electron chi connectivity index (χ1n) is 8.25. The van der Waals surface area contributed by atoms with Gasteiger partial charge in [0.2, 0.25) is 0 Å². The highest BCUT2D eigenvalue weighted by Crippen LogP contribution is 2.19. The molecule has 0 atom stereocenters. The number of halogens is 2. The SMILES string of the molecule is O=C(COc1cccc(Br)c1)Oc1ccc(C(=O)Nc2ccc(Cl)cc2)cc1. The summed E-state index contributed by atoms with van der Waals surface area (Å²) in [6.45, 7) is -0.227. The Labute approximate surface area is 175 Å². The minimum Gasteiger partial charge on any atom is -0.482 e. The van der Waals surface area contributed by atoms with E-state index < -0.39 is 5.97 Å². The zero-order valence-corrected chi connectivity index (χ0v) is 16.9. The first kappa shape index (κ1) is 19.9. The summed E-state index contributed by atoms with van der Waals surface area (Å²) in [5.74, 6) is 0.0583. The standard InChI is InChI=1S/C21H15BrClNO4/c22-15-2-1-3-19(12-15)27-13-20(25)28-18-10-4-14(5-11-18)21(26)24-17-8-6-16(23)7-9-17/h1-12H,13H2,(H,24,26). The van der Waals surface area contributed by atoms with Crippen LogP contribution in [0.2, 0.25) is 5.02 Å². The van der Waals surface area contributed by atoms with Crippen molar-refractivity contribution in [1.82, 2.24) is 0 Å². The molecule has 0 saturated carbocycles. The summed E-state index contributed by atoms with van der Waals surface area (Å²) in [6, 6.07) is 20.2. The molecule has 0 heterocycles. The molecule has 28 heavy (non-hydrogen) atoms. The highest BCUT2D eigenvalue weighted by molar-refractivity contribution is 9.10. The molecule has 3 rings (SSSR count). The Hall–Kier alpha value is -2.83. The topological polar surface area (TPSA) is 64.6 Å². The molecular formula is C21H15BrClNO4. The summed E-state index contributed by atoms with van der Waals surface area (Å²) in [5.41, 5.74) is 1.06. The molecule has 3 aromatic carbocycles. The molecule has 0 aliphatic rings. The lowest BCUT2D eigenvalue weighted by atomic mass is 10.2. The van der Waals surface area contributed by atoms with E-state index in [1.165, 1.54) is 0 Å². The number of amides is 1. The maximum atomic E-state index is 12.2. The zero-order valence-electron chi connectivity index (χ0n) is 14.5. The summed E-state index contributed by atoms with van der Waals surface area (Å²) >= 11 is 9.15. The number of carbonyl (C=O) groups is 2. The molecule has 1 N–H and O–H groups in total. The van der Waals surface area contributed by atoms with Crippen LogP contribution in [0, 0.1) is 0 Å². The third kappa shape index (κ3) is 5.84. The number of nitrogens with one attached hydrogen (secondary N) is 1. The molecule has 0 unspecified atom stereocenters. The summed E-state index contributed by atoms with van der Waals surface area (Å²) in [7, 11) is 0. The van der Waals surface area contributed by atoms with Crippen molar-refractivity contribution in [2.24, 2.45) is 0 Å². The molecule has 0 radical (unpaired) electrons. The van der Waals surface area contributed by atoms with Crippen molar-refractivity contribution in [2.45, 2.75) is 0 Å². The van der Waals surface area contributed by atoms with Gasteiger partial charge in [-0.1, -0.05) is 33.6 Å². The molecule has 0 aliphatic carbocycles. The first-order valence-corrected chi connectivity index (χ1v) is 9.43. The number of benzene rings is 3. The van der Waals surface area contributed by atoms with E-state index in [2.05, 4.69) is 21.2 Å². The summed E-state index contributed by atoms with van der Waals surface area (Å²) in [4.78, 5) is 24.2. The van der Waals surface area contributed by atoms with Crippen LogP contribution in [0.1, 0.15) is 10.4 Å². The lowest BCUT2D eigenvalue weighted by Gasteiger charge is -2.08. The van der Waals surface area contributed by atoms with Gasteiger partial charge in [-0.05, 0) is 66.7 Å². The minimum atomic E-state index is -0.543. The highest BCUT2D eigenvalue weighted by atomic mass is 79.9. The van der Waals surface area contributed by atoms with Crippen LogP contribution in [-0.4, -0.2) is 18.5 Å². The maximum absolute atomic E-state index is 12.2. The van der Waals surface area contributed by atoms with E-state index in [9.17, 15) is 9.59 Å². The monoisotopic (exact) mass is 459 g/mol. The van der Waals surface area contributed by atoms with Crippen molar-refractivity contribution in [3.8, 4) is 11.5 Å². The number of esters is 1. The van der Waals surface area contributed by atoms with Gasteiger partial charge in [-0.3, -0.25) is 4.79 Å². The second-order valence-corrected chi connectivity index (χ2v) is 7.06. The Bertz CT molecular complexity index is 974. The summed E-state index contributed by atoms with van der Waals surface area (Å²) < 4.78 is 11.4. The predicted molar refractivity (Wildman–Crippen MR) is 111 cm³/mol. The van der Waals surface area contributed by atoms with Crippen LogP contribution in [0.4, 0.5) is 5.69 Å². The Morgan fingerprint density at radius 1 is 0.929 bits per heavy atom. The first-order chi connectivity index (χ1) is 13.5. The number of anilines is 1. The van der Waals surface area contributed by atoms with Gasteiger partial charge >= 0.3 is 5.97 Å². The number of rotatable bonds is 6. The molecule has 0 aliphatic heterocycles. The molecule has 3 aromatic rings. The second kappa shape index (κ2) is 9.39. The molecule has 0 spiro atoms. The zero-order chi connectivity index (χ0) is 19.9. The molecule has 7 heteroatoms. The largest absolute Gasteiger partial charge is 0.482 e. The Morgan fingerprint density at radius 3 is 2.32 bits per heavy atom. The number of carbonyl (C=O) groups excluding carboxylic acids is 2. The van der Waals surface area contributed by atoms with Crippen molar-refractivity contribution < 1.29 is 19.1 Å². The van der Waals surface area contributed by atoms with E-state index in [4.69, 9.17) is 21.1 Å². The van der Waals surface area contributed by atoms with Gasteiger partial charge in [0.05, 0.1) is 0 Å². The summed E-state index contributed by atoms with van der Waals surface area (Å²) in [5, 5.41) is 3.35. The Morgan fingerprint density at radius 2 is 1.64 bits per heavy atom. The van der Waals surface area contributed by atoms with Crippen molar-refractivity contribution in [1.29, 1.82) is 0 Å². The average molecular weight is 461 g/mol. The van der Waals surface area contributed by atoms with Crippen LogP contribution in [0.5, 0.6) is 11.5 Å². The minimum absolute atomic E-state index is 0.227. The van der Waals surface area contributed by atoms with Crippen molar-refractivity contribution in [2.75, 3.05) is 11.9 Å². The fourth-order valence-electron chi connectivity index (χ4n) is 2.27. The Kier molecular flexibility index (Phi) is 6.68. The maximum Gasteiger partial charge on any atom is 0.349 e. The fraction of sp³-hybridized carbons (Fsp3) is 0.0476. The van der Waals surface area contributed by atoms with E-state index in [0.29, 0.717) is 27.8 Å². The van der Waals surface area contributed by atoms with Crippen LogP contribution in [0.3, 0.4) is 0 Å². The van der Waals surface area contributed by atoms with Gasteiger partial charge in [0.1, 0.15) is 11.5 Å². The Balaban J connectivity index is 1.52. The highest BCUT2D eigenvalue weighted by Gasteiger charge is 2.09. The van der Waals surface area contributed by atoms with Crippen LogP contribution in [0.15, 0.2) is 77.3 Å². The molecule has 0 aromatic heterocycles. The van der Waals surface area contributed by atoms with Gasteiger partial charge in [-0.2, -0.15) is 0 Å². The fourth-order valence-corrected chi connectivity index (χ4v) is 2.78. The predicted octanol–water partition coefficient (Wildman–Crippen LogP) is 5.34. The number of ether oxygens (including phenoxy) is 2. The summed E-state index contributed by atoms with van der Waals surface area (Å²) in [6.07, 6.45) is 0. The van der Waals surface area contributed by atoms with E-state index in [0.717, 1.165) is 4.47 Å². The van der Waals surface area contributed by atoms with Gasteiger partial charge in [-0.25, -0.2) is 4.79 Å². The lowest BCUT2D eigenvalue weighted by Crippen LogP contribution is -2.18. The third-order valence-corrected chi connectivity index (χ3v) is 4.35. The molecule has 142 valence electrons. The van der Waals surface area contributed by atoms with Crippen molar-refractivity contribution in [3.05, 3.63) is 87.9 Å². The molecule has 0 saturated heterocycles. The van der Waals surface area contributed by atoms with Gasteiger partial charge < -0.3 is 14.8 Å². The number of hydrogen-bond donors (Lipinski definition) is 1. The smallest absolute Gasteiger partial charge is 0.349 e. The molecule has 0 bridgehead atoms. The van der Waals surface area contributed by atoms with E-state index in [1.807, 2.05) is 6.07 Å². The van der Waals surface area contributed by atoms with E-state index in [-0.39, 0.29) is 12.5 Å². The van der Waals surface area contributed by atoms with Gasteiger partial charge in [-0.15, -0.1) is 0 Å². The molecule has 0 fully saturated rings. The number of hydrogen-bond acceptors (Lipinski definition) is 4.